The third kappa shape index (κ3) is 4.54. The fourth-order valence-corrected chi connectivity index (χ4v) is 1.02. The predicted octanol–water partition coefficient (Wildman–Crippen LogP) is 2.18. The van der Waals surface area contributed by atoms with Crippen molar-refractivity contribution in [2.75, 3.05) is 20.7 Å². The molecule has 0 spiro atoms. The average Bonchev–Trinajstić information content (AvgIpc) is 2.34. The van der Waals surface area contributed by atoms with Gasteiger partial charge in [-0.1, -0.05) is 23.4 Å². The van der Waals surface area contributed by atoms with Gasteiger partial charge in [-0.2, -0.15) is 0 Å². The number of nitrogens with zero attached hydrogens (tertiary/aromatic N) is 3. The second-order valence-corrected chi connectivity index (χ2v) is 3.23. The van der Waals surface area contributed by atoms with Crippen molar-refractivity contribution in [1.82, 2.24) is 5.01 Å². The summed E-state index contributed by atoms with van der Waals surface area (Å²) in [6.07, 6.45) is 0.306. The Morgan fingerprint density at radius 2 is 2.06 bits per heavy atom. The number of hydrogen-bond acceptors (Lipinski definition) is 4. The van der Waals surface area contributed by atoms with Gasteiger partial charge >= 0.3 is 5.97 Å². The number of ether oxygens (including phenoxy) is 1. The average molecular weight is 221 g/mol. The van der Waals surface area contributed by atoms with Gasteiger partial charge in [-0.25, -0.2) is 0 Å². The van der Waals surface area contributed by atoms with Crippen LogP contribution >= 0.6 is 0 Å². The van der Waals surface area contributed by atoms with E-state index < -0.39 is 0 Å². The maximum atomic E-state index is 10.9. The Labute approximate surface area is 94.7 Å². The van der Waals surface area contributed by atoms with Crippen LogP contribution in [-0.4, -0.2) is 31.7 Å². The lowest BCUT2D eigenvalue weighted by Crippen LogP contribution is -2.16. The summed E-state index contributed by atoms with van der Waals surface area (Å²) in [5.41, 5.74) is 0.785. The van der Waals surface area contributed by atoms with E-state index in [2.05, 4.69) is 15.1 Å². The summed E-state index contributed by atoms with van der Waals surface area (Å²) in [4.78, 5) is 10.9. The van der Waals surface area contributed by atoms with Crippen LogP contribution in [0.1, 0.15) is 6.42 Å². The van der Waals surface area contributed by atoms with Gasteiger partial charge in [0.15, 0.2) is 0 Å². The standard InChI is InChI=1S/C11H15N3O2/c1-14(9-8-11(15)16-2)13-12-10-6-4-3-5-7-10/h3-7H,8-9H2,1-2H3. The molecule has 0 unspecified atom stereocenters. The zero-order chi connectivity index (χ0) is 11.8. The molecule has 0 amide bonds. The second kappa shape index (κ2) is 6.55. The highest BCUT2D eigenvalue weighted by Gasteiger charge is 2.01. The van der Waals surface area contributed by atoms with Gasteiger partial charge in [0.25, 0.3) is 0 Å². The zero-order valence-corrected chi connectivity index (χ0v) is 9.46. The van der Waals surface area contributed by atoms with Crippen LogP contribution in [-0.2, 0) is 9.53 Å². The lowest BCUT2D eigenvalue weighted by Gasteiger charge is -2.09. The van der Waals surface area contributed by atoms with E-state index in [0.29, 0.717) is 13.0 Å². The first-order chi connectivity index (χ1) is 7.72. The molecule has 0 aliphatic heterocycles. The number of hydrogen-bond donors (Lipinski definition) is 0. The van der Waals surface area contributed by atoms with E-state index in [1.807, 2.05) is 30.3 Å². The lowest BCUT2D eigenvalue weighted by atomic mass is 10.3. The van der Waals surface area contributed by atoms with E-state index in [9.17, 15) is 4.79 Å². The van der Waals surface area contributed by atoms with Gasteiger partial charge in [-0.3, -0.25) is 9.80 Å². The van der Waals surface area contributed by atoms with E-state index >= 15 is 0 Å². The van der Waals surface area contributed by atoms with E-state index in [0.717, 1.165) is 5.69 Å². The minimum atomic E-state index is -0.248. The Bertz CT molecular complexity index is 352. The minimum Gasteiger partial charge on any atom is -0.469 e. The molecule has 0 atom stereocenters. The van der Waals surface area contributed by atoms with Gasteiger partial charge in [0.2, 0.25) is 0 Å². The summed E-state index contributed by atoms with van der Waals surface area (Å²) in [6.45, 7) is 0.489. The molecule has 0 aromatic heterocycles. The van der Waals surface area contributed by atoms with Crippen LogP contribution < -0.4 is 0 Å². The van der Waals surface area contributed by atoms with Gasteiger partial charge in [0, 0.05) is 13.6 Å². The molecule has 0 aliphatic carbocycles. The van der Waals surface area contributed by atoms with Crippen molar-refractivity contribution >= 4 is 11.7 Å². The first kappa shape index (κ1) is 12.2. The van der Waals surface area contributed by atoms with Crippen LogP contribution in [0.15, 0.2) is 40.7 Å². The molecule has 0 N–H and O–H groups in total. The summed E-state index contributed by atoms with van der Waals surface area (Å²) in [5, 5.41) is 9.56. The summed E-state index contributed by atoms with van der Waals surface area (Å²) >= 11 is 0. The smallest absolute Gasteiger partial charge is 0.307 e. The van der Waals surface area contributed by atoms with Crippen LogP contribution in [0.4, 0.5) is 5.69 Å². The molecular weight excluding hydrogens is 206 g/mol. The van der Waals surface area contributed by atoms with Crippen LogP contribution in [0.2, 0.25) is 0 Å². The van der Waals surface area contributed by atoms with Gasteiger partial charge < -0.3 is 4.74 Å². The molecule has 0 bridgehead atoms. The van der Waals surface area contributed by atoms with Crippen molar-refractivity contribution in [3.8, 4) is 0 Å². The normalized spacial score (nSPS) is 10.4. The van der Waals surface area contributed by atoms with E-state index in [-0.39, 0.29) is 5.97 Å². The first-order valence-corrected chi connectivity index (χ1v) is 4.97. The van der Waals surface area contributed by atoms with Crippen LogP contribution in [0.3, 0.4) is 0 Å². The number of methoxy groups -OCH3 is 1. The van der Waals surface area contributed by atoms with Crippen LogP contribution in [0, 0.1) is 0 Å². The fraction of sp³-hybridized carbons (Fsp3) is 0.364. The maximum absolute atomic E-state index is 10.9. The van der Waals surface area contributed by atoms with Crippen molar-refractivity contribution in [1.29, 1.82) is 0 Å². The highest BCUT2D eigenvalue weighted by atomic mass is 16.5. The summed E-state index contributed by atoms with van der Waals surface area (Å²) < 4.78 is 4.53. The minimum absolute atomic E-state index is 0.248. The lowest BCUT2D eigenvalue weighted by molar-refractivity contribution is -0.140. The molecule has 5 nitrogen and oxygen atoms in total. The molecular formula is C11H15N3O2. The largest absolute Gasteiger partial charge is 0.469 e. The highest BCUT2D eigenvalue weighted by molar-refractivity contribution is 5.69. The molecule has 1 aromatic carbocycles. The fourth-order valence-electron chi connectivity index (χ4n) is 1.02. The van der Waals surface area contributed by atoms with Crippen molar-refractivity contribution in [3.63, 3.8) is 0 Å². The Morgan fingerprint density at radius 1 is 1.38 bits per heavy atom. The zero-order valence-electron chi connectivity index (χ0n) is 9.46. The predicted molar refractivity (Wildman–Crippen MR) is 60.2 cm³/mol. The van der Waals surface area contributed by atoms with Crippen molar-refractivity contribution in [2.24, 2.45) is 10.3 Å². The third-order valence-electron chi connectivity index (χ3n) is 1.94. The second-order valence-electron chi connectivity index (χ2n) is 3.23. The van der Waals surface area contributed by atoms with Crippen molar-refractivity contribution < 1.29 is 9.53 Å². The van der Waals surface area contributed by atoms with Crippen molar-refractivity contribution in [3.05, 3.63) is 30.3 Å². The number of esters is 1. The number of rotatable bonds is 5. The van der Waals surface area contributed by atoms with Gasteiger partial charge in [-0.05, 0) is 12.1 Å². The number of carbonyl (C=O) groups is 1. The molecule has 0 radical (unpaired) electrons. The Hall–Kier alpha value is -1.91. The molecule has 5 heteroatoms. The number of benzene rings is 1. The summed E-state index contributed by atoms with van der Waals surface area (Å²) in [6, 6.07) is 9.42. The molecule has 0 fully saturated rings. The Kier molecular flexibility index (Phi) is 4.98. The molecule has 1 aromatic rings. The van der Waals surface area contributed by atoms with E-state index in [4.69, 9.17) is 0 Å². The monoisotopic (exact) mass is 221 g/mol. The van der Waals surface area contributed by atoms with E-state index in [1.165, 1.54) is 7.11 Å². The third-order valence-corrected chi connectivity index (χ3v) is 1.94. The van der Waals surface area contributed by atoms with Crippen LogP contribution in [0.5, 0.6) is 0 Å². The quantitative estimate of drug-likeness (QED) is 0.435. The van der Waals surface area contributed by atoms with Gasteiger partial charge in [0.1, 0.15) is 0 Å². The Morgan fingerprint density at radius 3 is 2.69 bits per heavy atom. The number of carbonyl (C=O) groups excluding carboxylic acids is 1. The molecule has 0 saturated heterocycles. The molecule has 0 aliphatic rings. The summed E-state index contributed by atoms with van der Waals surface area (Å²) in [5.74, 6) is -0.248. The summed E-state index contributed by atoms with van der Waals surface area (Å²) in [7, 11) is 3.13. The molecule has 16 heavy (non-hydrogen) atoms. The molecule has 1 rings (SSSR count). The molecule has 0 saturated carbocycles. The Balaban J connectivity index is 2.37. The van der Waals surface area contributed by atoms with Gasteiger partial charge in [-0.15, -0.1) is 5.11 Å². The maximum Gasteiger partial charge on any atom is 0.307 e. The van der Waals surface area contributed by atoms with E-state index in [1.54, 1.807) is 12.1 Å². The SMILES string of the molecule is COC(=O)CCN(C)N=Nc1ccccc1. The van der Waals surface area contributed by atoms with Crippen LogP contribution in [0.25, 0.3) is 0 Å². The topological polar surface area (TPSA) is 54.3 Å². The first-order valence-electron chi connectivity index (χ1n) is 4.97. The highest BCUT2D eigenvalue weighted by Crippen LogP contribution is 2.10. The molecule has 86 valence electrons. The molecule has 0 heterocycles. The van der Waals surface area contributed by atoms with Crippen molar-refractivity contribution in [2.45, 2.75) is 6.42 Å². The van der Waals surface area contributed by atoms with Gasteiger partial charge in [0.05, 0.1) is 19.2 Å².